The third kappa shape index (κ3) is 3.96. The largest absolute Gasteiger partial charge is 0.311 e. The van der Waals surface area contributed by atoms with Crippen LogP contribution in [-0.2, 0) is 0 Å². The van der Waals surface area contributed by atoms with Crippen LogP contribution in [0.15, 0.2) is 0 Å². The molecule has 2 aliphatic rings. The number of unbranched alkanes of at least 4 members (excludes halogenated alkanes) is 2. The van der Waals surface area contributed by atoms with E-state index in [0.29, 0.717) is 6.04 Å². The van der Waals surface area contributed by atoms with E-state index in [2.05, 4.69) is 24.1 Å². The molecule has 0 aromatic heterocycles. The summed E-state index contributed by atoms with van der Waals surface area (Å²) in [6, 6.07) is 1.52. The highest BCUT2D eigenvalue weighted by Gasteiger charge is 2.32. The molecular weight excluding hydrogens is 220 g/mol. The molecule has 0 aromatic rings. The molecule has 2 atom stereocenters. The van der Waals surface area contributed by atoms with Gasteiger partial charge in [0, 0.05) is 25.2 Å². The zero-order valence-electron chi connectivity index (χ0n) is 12.5. The minimum Gasteiger partial charge on any atom is -0.311 e. The van der Waals surface area contributed by atoms with Gasteiger partial charge in [-0.2, -0.15) is 0 Å². The van der Waals surface area contributed by atoms with Crippen LogP contribution in [0.2, 0.25) is 0 Å². The molecule has 0 radical (unpaired) electrons. The van der Waals surface area contributed by atoms with Crippen LogP contribution in [-0.4, -0.2) is 36.6 Å². The highest BCUT2D eigenvalue weighted by molar-refractivity contribution is 4.89. The van der Waals surface area contributed by atoms with Gasteiger partial charge in [0.1, 0.15) is 0 Å². The molecule has 0 bridgehead atoms. The third-order valence-electron chi connectivity index (χ3n) is 4.90. The number of rotatable bonds is 5. The minimum absolute atomic E-state index is 0.687. The minimum atomic E-state index is 0.687. The highest BCUT2D eigenvalue weighted by atomic mass is 15.2. The number of piperazine rings is 1. The van der Waals surface area contributed by atoms with Crippen molar-refractivity contribution in [2.24, 2.45) is 5.92 Å². The van der Waals surface area contributed by atoms with Crippen molar-refractivity contribution in [3.8, 4) is 0 Å². The van der Waals surface area contributed by atoms with E-state index in [9.17, 15) is 0 Å². The monoisotopic (exact) mass is 252 g/mol. The van der Waals surface area contributed by atoms with Gasteiger partial charge in [-0.05, 0) is 38.6 Å². The van der Waals surface area contributed by atoms with Gasteiger partial charge in [0.05, 0.1) is 0 Å². The molecule has 18 heavy (non-hydrogen) atoms. The lowest BCUT2D eigenvalue weighted by Crippen LogP contribution is -2.58. The molecule has 2 unspecified atom stereocenters. The lowest BCUT2D eigenvalue weighted by molar-refractivity contribution is 0.0738. The summed E-state index contributed by atoms with van der Waals surface area (Å²) >= 11 is 0. The van der Waals surface area contributed by atoms with E-state index >= 15 is 0 Å². The smallest absolute Gasteiger partial charge is 0.0249 e. The maximum absolute atomic E-state index is 3.71. The fourth-order valence-corrected chi connectivity index (χ4v) is 3.81. The molecule has 2 fully saturated rings. The van der Waals surface area contributed by atoms with Gasteiger partial charge in [0.25, 0.3) is 0 Å². The highest BCUT2D eigenvalue weighted by Crippen LogP contribution is 2.30. The Balaban J connectivity index is 1.87. The lowest BCUT2D eigenvalue weighted by atomic mass is 9.82. The van der Waals surface area contributed by atoms with Crippen LogP contribution >= 0.6 is 0 Å². The van der Waals surface area contributed by atoms with E-state index in [1.54, 1.807) is 0 Å². The Kier molecular flexibility index (Phi) is 5.97. The van der Waals surface area contributed by atoms with Crippen molar-refractivity contribution in [3.05, 3.63) is 0 Å². The first-order chi connectivity index (χ1) is 8.81. The normalized spacial score (nSPS) is 31.7. The predicted octanol–water partition coefficient (Wildman–Crippen LogP) is 3.42. The van der Waals surface area contributed by atoms with E-state index in [-0.39, 0.29) is 0 Å². The van der Waals surface area contributed by atoms with Gasteiger partial charge < -0.3 is 5.32 Å². The number of nitrogens with one attached hydrogen (secondary N) is 1. The topological polar surface area (TPSA) is 15.3 Å². The van der Waals surface area contributed by atoms with E-state index in [1.165, 1.54) is 71.0 Å². The molecule has 106 valence electrons. The van der Waals surface area contributed by atoms with Crippen LogP contribution in [0, 0.1) is 5.92 Å². The van der Waals surface area contributed by atoms with Gasteiger partial charge >= 0.3 is 0 Å². The van der Waals surface area contributed by atoms with Gasteiger partial charge in [0.2, 0.25) is 0 Å². The Morgan fingerprint density at radius 2 is 1.89 bits per heavy atom. The lowest BCUT2D eigenvalue weighted by Gasteiger charge is -2.44. The average molecular weight is 252 g/mol. The van der Waals surface area contributed by atoms with Gasteiger partial charge in [-0.3, -0.25) is 4.90 Å². The van der Waals surface area contributed by atoms with E-state index < -0.39 is 0 Å². The van der Waals surface area contributed by atoms with Crippen molar-refractivity contribution in [1.29, 1.82) is 0 Å². The summed E-state index contributed by atoms with van der Waals surface area (Å²) in [5.41, 5.74) is 0. The summed E-state index contributed by atoms with van der Waals surface area (Å²) in [7, 11) is 0. The van der Waals surface area contributed by atoms with E-state index in [0.717, 1.165) is 12.0 Å². The fraction of sp³-hybridized carbons (Fsp3) is 1.00. The maximum Gasteiger partial charge on any atom is 0.0249 e. The fourth-order valence-electron chi connectivity index (χ4n) is 3.81. The molecule has 1 aliphatic carbocycles. The van der Waals surface area contributed by atoms with Crippen LogP contribution < -0.4 is 5.32 Å². The molecular formula is C16H32N2. The zero-order chi connectivity index (χ0) is 12.8. The van der Waals surface area contributed by atoms with Crippen molar-refractivity contribution in [3.63, 3.8) is 0 Å². The summed E-state index contributed by atoms with van der Waals surface area (Å²) in [6.45, 7) is 8.48. The van der Waals surface area contributed by atoms with Crippen molar-refractivity contribution < 1.29 is 0 Å². The molecule has 0 amide bonds. The molecule has 0 spiro atoms. The van der Waals surface area contributed by atoms with Gasteiger partial charge in [-0.1, -0.05) is 39.0 Å². The second-order valence-electron chi connectivity index (χ2n) is 6.48. The SMILES string of the molecule is CCCCCN1CC(C)NCC1C1CCCCC1. The first-order valence-electron chi connectivity index (χ1n) is 8.28. The van der Waals surface area contributed by atoms with Gasteiger partial charge in [-0.15, -0.1) is 0 Å². The van der Waals surface area contributed by atoms with Crippen LogP contribution in [0.4, 0.5) is 0 Å². The second-order valence-corrected chi connectivity index (χ2v) is 6.48. The third-order valence-corrected chi connectivity index (χ3v) is 4.90. The first kappa shape index (κ1) is 14.3. The van der Waals surface area contributed by atoms with Crippen LogP contribution in [0.1, 0.15) is 65.2 Å². The van der Waals surface area contributed by atoms with Crippen LogP contribution in [0.25, 0.3) is 0 Å². The van der Waals surface area contributed by atoms with E-state index in [4.69, 9.17) is 0 Å². The first-order valence-corrected chi connectivity index (χ1v) is 8.28. The Labute approximate surface area is 114 Å². The molecule has 1 N–H and O–H groups in total. The number of nitrogens with zero attached hydrogens (tertiary/aromatic N) is 1. The van der Waals surface area contributed by atoms with Gasteiger partial charge in [0.15, 0.2) is 0 Å². The number of hydrogen-bond acceptors (Lipinski definition) is 2. The summed E-state index contributed by atoms with van der Waals surface area (Å²) in [6.07, 6.45) is 11.5. The molecule has 0 aromatic carbocycles. The summed E-state index contributed by atoms with van der Waals surface area (Å²) in [5.74, 6) is 0.973. The Morgan fingerprint density at radius 1 is 1.11 bits per heavy atom. The van der Waals surface area contributed by atoms with Crippen molar-refractivity contribution in [1.82, 2.24) is 10.2 Å². The Bertz CT molecular complexity index is 223. The van der Waals surface area contributed by atoms with Crippen molar-refractivity contribution >= 4 is 0 Å². The second kappa shape index (κ2) is 7.49. The zero-order valence-corrected chi connectivity index (χ0v) is 12.5. The molecule has 2 nitrogen and oxygen atoms in total. The molecule has 2 heteroatoms. The summed E-state index contributed by atoms with van der Waals surface area (Å²) < 4.78 is 0. The quantitative estimate of drug-likeness (QED) is 0.754. The van der Waals surface area contributed by atoms with Crippen molar-refractivity contribution in [2.75, 3.05) is 19.6 Å². The average Bonchev–Trinajstić information content (AvgIpc) is 2.40. The van der Waals surface area contributed by atoms with Crippen LogP contribution in [0.5, 0.6) is 0 Å². The molecule has 2 rings (SSSR count). The maximum atomic E-state index is 3.71. The van der Waals surface area contributed by atoms with Gasteiger partial charge in [-0.25, -0.2) is 0 Å². The Morgan fingerprint density at radius 3 is 2.61 bits per heavy atom. The molecule has 1 aliphatic heterocycles. The summed E-state index contributed by atoms with van der Waals surface area (Å²) in [4.78, 5) is 2.81. The summed E-state index contributed by atoms with van der Waals surface area (Å²) in [5, 5.41) is 3.71. The van der Waals surface area contributed by atoms with E-state index in [1.807, 2.05) is 0 Å². The Hall–Kier alpha value is -0.0800. The predicted molar refractivity (Wildman–Crippen MR) is 78.9 cm³/mol. The van der Waals surface area contributed by atoms with Crippen LogP contribution in [0.3, 0.4) is 0 Å². The standard InChI is InChI=1S/C16H32N2/c1-3-4-8-11-18-13-14(2)17-12-16(18)15-9-6-5-7-10-15/h14-17H,3-13H2,1-2H3. The van der Waals surface area contributed by atoms with Crippen molar-refractivity contribution in [2.45, 2.75) is 77.3 Å². The molecule has 1 saturated carbocycles. The molecule has 1 heterocycles. The molecule has 1 saturated heterocycles. The number of hydrogen-bond donors (Lipinski definition) is 1.